The first kappa shape index (κ1) is 21.1. The Kier molecular flexibility index (Phi) is 5.30. The fourth-order valence-corrected chi connectivity index (χ4v) is 6.42. The van der Waals surface area contributed by atoms with Gasteiger partial charge in [-0.15, -0.1) is 0 Å². The monoisotopic (exact) mass is 437 g/mol. The van der Waals surface area contributed by atoms with Crippen LogP contribution >= 0.6 is 0 Å². The van der Waals surface area contributed by atoms with Crippen molar-refractivity contribution in [3.8, 4) is 0 Å². The molecule has 8 nitrogen and oxygen atoms in total. The molecule has 4 aliphatic rings. The van der Waals surface area contributed by atoms with Crippen molar-refractivity contribution in [1.82, 2.24) is 0 Å². The van der Waals surface area contributed by atoms with E-state index in [1.807, 2.05) is 6.92 Å². The number of anilines is 1. The molecule has 0 spiro atoms. The highest BCUT2D eigenvalue weighted by Gasteiger charge is 2.58. The highest BCUT2D eigenvalue weighted by molar-refractivity contribution is 7.85. The lowest BCUT2D eigenvalue weighted by atomic mass is 9.53. The minimum Gasteiger partial charge on any atom is -0.459 e. The highest BCUT2D eigenvalue weighted by atomic mass is 32.2. The Morgan fingerprint density at radius 3 is 2.43 bits per heavy atom. The van der Waals surface area contributed by atoms with Crippen LogP contribution < -0.4 is 5.32 Å². The van der Waals surface area contributed by atoms with Gasteiger partial charge in [0.25, 0.3) is 10.1 Å². The third kappa shape index (κ3) is 3.92. The fourth-order valence-electron chi connectivity index (χ4n) is 5.91. The molecule has 4 aliphatic carbocycles. The van der Waals surface area contributed by atoms with Gasteiger partial charge in [-0.1, -0.05) is 0 Å². The van der Waals surface area contributed by atoms with Crippen molar-refractivity contribution in [3.05, 3.63) is 23.8 Å². The van der Waals surface area contributed by atoms with E-state index >= 15 is 0 Å². The molecule has 4 bridgehead atoms. The number of benzene rings is 1. The van der Waals surface area contributed by atoms with Crippen molar-refractivity contribution >= 4 is 27.7 Å². The van der Waals surface area contributed by atoms with E-state index in [1.165, 1.54) is 19.1 Å². The van der Waals surface area contributed by atoms with Gasteiger partial charge in [0, 0.05) is 31.0 Å². The fraction of sp³-hybridized carbons (Fsp3) is 0.619. The van der Waals surface area contributed by atoms with Crippen molar-refractivity contribution in [1.29, 1.82) is 0 Å². The first-order valence-corrected chi connectivity index (χ1v) is 11.8. The van der Waals surface area contributed by atoms with Crippen molar-refractivity contribution in [2.45, 2.75) is 62.6 Å². The van der Waals surface area contributed by atoms with E-state index in [4.69, 9.17) is 9.47 Å². The second kappa shape index (κ2) is 7.53. The molecule has 0 heterocycles. The quantitative estimate of drug-likeness (QED) is 0.515. The zero-order chi connectivity index (χ0) is 21.7. The first-order chi connectivity index (χ1) is 14.1. The number of ether oxygens (including phenoxy) is 2. The molecule has 0 radical (unpaired) electrons. The van der Waals surface area contributed by atoms with Gasteiger partial charge in [-0.2, -0.15) is 8.42 Å². The molecule has 0 aliphatic heterocycles. The molecule has 5 rings (SSSR count). The summed E-state index contributed by atoms with van der Waals surface area (Å²) < 4.78 is 44.1. The Hall–Kier alpha value is -2.13. The molecule has 2 unspecified atom stereocenters. The molecule has 164 valence electrons. The zero-order valence-electron chi connectivity index (χ0n) is 17.1. The molecule has 0 amide bonds. The molecular weight excluding hydrogens is 410 g/mol. The van der Waals surface area contributed by atoms with Crippen LogP contribution in [-0.2, 0) is 24.4 Å². The Morgan fingerprint density at radius 1 is 1.20 bits per heavy atom. The van der Waals surface area contributed by atoms with E-state index < -0.39 is 21.7 Å². The number of rotatable bonds is 6. The van der Waals surface area contributed by atoms with E-state index in [2.05, 4.69) is 5.32 Å². The molecule has 4 saturated carbocycles. The van der Waals surface area contributed by atoms with Crippen molar-refractivity contribution in [3.63, 3.8) is 0 Å². The molecule has 1 aromatic carbocycles. The molecule has 1 aromatic rings. The van der Waals surface area contributed by atoms with Crippen LogP contribution in [0, 0.1) is 17.8 Å². The van der Waals surface area contributed by atoms with Gasteiger partial charge < -0.3 is 14.8 Å². The van der Waals surface area contributed by atoms with Crippen LogP contribution in [0.1, 0.15) is 56.3 Å². The molecular formula is C21H27NO7S. The SMILES string of the molecule is CCNc1ccc(S(=O)(=O)O)cc1C(=O)OC1C2CC3CC1CC(OC(C)=O)(C3)C2. The molecule has 4 fully saturated rings. The third-order valence-electron chi connectivity index (χ3n) is 6.61. The lowest BCUT2D eigenvalue weighted by Gasteiger charge is -2.58. The summed E-state index contributed by atoms with van der Waals surface area (Å²) in [6.45, 7) is 3.82. The van der Waals surface area contributed by atoms with Crippen molar-refractivity contribution < 1.29 is 32.0 Å². The molecule has 0 aromatic heterocycles. The second-order valence-electron chi connectivity index (χ2n) is 8.83. The van der Waals surface area contributed by atoms with Gasteiger partial charge >= 0.3 is 11.9 Å². The first-order valence-electron chi connectivity index (χ1n) is 10.4. The average Bonchev–Trinajstić information content (AvgIpc) is 2.62. The van der Waals surface area contributed by atoms with Crippen LogP contribution in [0.15, 0.2) is 23.1 Å². The maximum Gasteiger partial charge on any atom is 0.340 e. The Labute approximate surface area is 176 Å². The van der Waals surface area contributed by atoms with E-state index in [0.717, 1.165) is 25.3 Å². The van der Waals surface area contributed by atoms with Crippen LogP contribution in [0.25, 0.3) is 0 Å². The Bertz CT molecular complexity index is 958. The van der Waals surface area contributed by atoms with Gasteiger partial charge in [-0.05, 0) is 63.1 Å². The minimum absolute atomic E-state index is 0.0791. The Morgan fingerprint density at radius 2 is 1.87 bits per heavy atom. The summed E-state index contributed by atoms with van der Waals surface area (Å²) in [6, 6.07) is 3.84. The van der Waals surface area contributed by atoms with Crippen molar-refractivity contribution in [2.75, 3.05) is 11.9 Å². The average molecular weight is 438 g/mol. The number of carbonyl (C=O) groups is 2. The van der Waals surface area contributed by atoms with Gasteiger partial charge in [0.2, 0.25) is 0 Å². The highest BCUT2D eigenvalue weighted by Crippen LogP contribution is 2.58. The zero-order valence-corrected chi connectivity index (χ0v) is 17.9. The van der Waals surface area contributed by atoms with Gasteiger partial charge in [-0.3, -0.25) is 9.35 Å². The summed E-state index contributed by atoms with van der Waals surface area (Å²) in [4.78, 5) is 24.3. The van der Waals surface area contributed by atoms with Crippen LogP contribution in [0.2, 0.25) is 0 Å². The van der Waals surface area contributed by atoms with Gasteiger partial charge in [0.1, 0.15) is 11.7 Å². The molecule has 0 saturated heterocycles. The van der Waals surface area contributed by atoms with E-state index in [1.54, 1.807) is 0 Å². The van der Waals surface area contributed by atoms with E-state index in [9.17, 15) is 22.6 Å². The predicted octanol–water partition coefficient (Wildman–Crippen LogP) is 3.03. The van der Waals surface area contributed by atoms with Gasteiger partial charge in [0.15, 0.2) is 0 Å². The largest absolute Gasteiger partial charge is 0.459 e. The molecule has 2 atom stereocenters. The molecule has 2 N–H and O–H groups in total. The number of carbonyl (C=O) groups excluding carboxylic acids is 2. The van der Waals surface area contributed by atoms with Crippen molar-refractivity contribution in [2.24, 2.45) is 17.8 Å². The number of hydrogen-bond donors (Lipinski definition) is 2. The maximum absolute atomic E-state index is 13.0. The van der Waals surface area contributed by atoms with Crippen LogP contribution in [0.4, 0.5) is 5.69 Å². The molecule has 30 heavy (non-hydrogen) atoms. The standard InChI is InChI=1S/C21H27NO7S/c1-3-22-18-5-4-16(30(25,26)27)8-17(18)20(24)28-19-14-6-13-7-15(19)11-21(9-13,10-14)29-12(2)23/h4-5,8,13-15,19,22H,3,6-7,9-11H2,1-2H3,(H,25,26,27). The van der Waals surface area contributed by atoms with Gasteiger partial charge in [-0.25, -0.2) is 4.79 Å². The topological polar surface area (TPSA) is 119 Å². The number of esters is 2. The summed E-state index contributed by atoms with van der Waals surface area (Å²) >= 11 is 0. The lowest BCUT2D eigenvalue weighted by molar-refractivity contribution is -0.204. The van der Waals surface area contributed by atoms with Crippen LogP contribution in [0.5, 0.6) is 0 Å². The number of nitrogens with one attached hydrogen (secondary N) is 1. The summed E-state index contributed by atoms with van der Waals surface area (Å²) in [7, 11) is -4.44. The maximum atomic E-state index is 13.0. The number of hydrogen-bond acceptors (Lipinski definition) is 7. The smallest absolute Gasteiger partial charge is 0.340 e. The van der Waals surface area contributed by atoms with Crippen LogP contribution in [0.3, 0.4) is 0 Å². The van der Waals surface area contributed by atoms with Gasteiger partial charge in [0.05, 0.1) is 10.5 Å². The summed E-state index contributed by atoms with van der Waals surface area (Å²) in [6.07, 6.45) is 3.82. The summed E-state index contributed by atoms with van der Waals surface area (Å²) in [5, 5.41) is 3.03. The summed E-state index contributed by atoms with van der Waals surface area (Å²) in [5.41, 5.74) is 0.0935. The molecule has 9 heteroatoms. The second-order valence-corrected chi connectivity index (χ2v) is 10.3. The third-order valence-corrected chi connectivity index (χ3v) is 7.46. The minimum atomic E-state index is -4.44. The Balaban J connectivity index is 1.57. The van der Waals surface area contributed by atoms with E-state index in [-0.39, 0.29) is 34.4 Å². The van der Waals surface area contributed by atoms with Crippen LogP contribution in [-0.4, -0.2) is 43.2 Å². The summed E-state index contributed by atoms with van der Waals surface area (Å²) in [5.74, 6) is -0.186. The van der Waals surface area contributed by atoms with E-state index in [0.29, 0.717) is 31.0 Å². The predicted molar refractivity (Wildman–Crippen MR) is 108 cm³/mol. The lowest BCUT2D eigenvalue weighted by Crippen LogP contribution is -2.59. The normalized spacial score (nSPS) is 32.0.